The van der Waals surface area contributed by atoms with Gasteiger partial charge in [0.2, 0.25) is 0 Å². The van der Waals surface area contributed by atoms with Crippen molar-refractivity contribution in [2.45, 2.75) is 6.68 Å². The molecule has 0 aromatic carbocycles. The van der Waals surface area contributed by atoms with E-state index in [2.05, 4.69) is 5.50 Å². The average molecular weight is 150 g/mol. The van der Waals surface area contributed by atoms with Gasteiger partial charge in [0.1, 0.15) is 0 Å². The van der Waals surface area contributed by atoms with Crippen LogP contribution in [0.1, 0.15) is 0 Å². The van der Waals surface area contributed by atoms with Crippen LogP contribution in [-0.2, 0) is 4.57 Å². The van der Waals surface area contributed by atoms with Crippen molar-refractivity contribution in [3.63, 3.8) is 0 Å². The molecule has 0 rings (SSSR count). The summed E-state index contributed by atoms with van der Waals surface area (Å²) >= 11 is 0. The highest BCUT2D eigenvalue weighted by molar-refractivity contribution is 7.35. The van der Waals surface area contributed by atoms with Gasteiger partial charge in [-0.1, -0.05) is 5.50 Å². The molecule has 8 heavy (non-hydrogen) atoms. The molecule has 0 saturated heterocycles. The fourth-order valence-corrected chi connectivity index (χ4v) is 0. The molecule has 0 amide bonds. The van der Waals surface area contributed by atoms with E-state index in [1.54, 1.807) is 0 Å². The van der Waals surface area contributed by atoms with Gasteiger partial charge in [-0.25, -0.2) is 0 Å². The van der Waals surface area contributed by atoms with Crippen molar-refractivity contribution < 1.29 is 22.6 Å². The smallest absolute Gasteiger partial charge is 0.174 e. The Morgan fingerprint density at radius 2 is 1.50 bits per heavy atom. The van der Waals surface area contributed by atoms with Crippen molar-refractivity contribution >= 4 is 8.18 Å². The minimum Gasteiger partial charge on any atom is -0.174 e. The second-order valence-electron chi connectivity index (χ2n) is 0.550. The first-order valence-electron chi connectivity index (χ1n) is 1.30. The van der Waals surface area contributed by atoms with Crippen LogP contribution in [0.25, 0.3) is 0 Å². The molecule has 3 nitrogen and oxygen atoms in total. The molecule has 7 heteroatoms. The second kappa shape index (κ2) is 6.81. The van der Waals surface area contributed by atoms with Crippen LogP contribution < -0.4 is 5.50 Å². The zero-order valence-corrected chi connectivity index (χ0v) is 4.49. The zero-order valence-electron chi connectivity index (χ0n) is 3.59. The highest BCUT2D eigenvalue weighted by atomic mass is 31.1. The van der Waals surface area contributed by atoms with E-state index in [1.807, 2.05) is 0 Å². The van der Waals surface area contributed by atoms with Gasteiger partial charge in [-0.15, -0.1) is 4.89 Å². The second-order valence-corrected chi connectivity index (χ2v) is 1.16. The Labute approximate surface area is 44.2 Å². The van der Waals surface area contributed by atoms with Gasteiger partial charge in [-0.3, -0.25) is 0 Å². The molecule has 0 saturated carbocycles. The van der Waals surface area contributed by atoms with Gasteiger partial charge in [0.05, 0.1) is 0 Å². The Bertz CT molecular complexity index is 61.5. The molecule has 0 heterocycles. The highest BCUT2D eigenvalue weighted by Crippen LogP contribution is 1.91. The van der Waals surface area contributed by atoms with Crippen molar-refractivity contribution in [1.29, 1.82) is 0 Å². The predicted octanol–water partition coefficient (Wildman–Crippen LogP) is 0.773. The first-order chi connectivity index (χ1) is 3.46. The quantitative estimate of drug-likeness (QED) is 0.501. The summed E-state index contributed by atoms with van der Waals surface area (Å²) in [6.07, 6.45) is 0. The maximum absolute atomic E-state index is 9.67. The largest absolute Gasteiger partial charge is 0.607 e. The molecular weight excluding hydrogens is 146 g/mol. The molecule has 0 aliphatic heterocycles. The standard InChI is InChI=1S/CHF3.H2NO2P/c2-1(3)4;1-4(2)3/h1H;(H2-,1,2,3)/p+1. The Morgan fingerprint density at radius 3 is 1.50 bits per heavy atom. The molecule has 0 bridgehead atoms. The van der Waals surface area contributed by atoms with E-state index >= 15 is 0 Å². The molecule has 0 spiro atoms. The van der Waals surface area contributed by atoms with Crippen molar-refractivity contribution in [2.24, 2.45) is 5.50 Å². The van der Waals surface area contributed by atoms with Gasteiger partial charge in [0, 0.05) is 0 Å². The average Bonchev–Trinajstić information content (AvgIpc) is 1.25. The van der Waals surface area contributed by atoms with Crippen LogP contribution in [0, 0.1) is 0 Å². The fraction of sp³-hybridized carbons (Fsp3) is 1.00. The van der Waals surface area contributed by atoms with E-state index in [9.17, 15) is 13.2 Å². The Kier molecular flexibility index (Phi) is 9.13. The van der Waals surface area contributed by atoms with Gasteiger partial charge in [-0.2, -0.15) is 13.2 Å². The molecule has 0 aromatic rings. The number of nitrogens with two attached hydrogens (primary N) is 1. The molecule has 0 aliphatic rings. The normalized spacial score (nSPS) is 10.0. The third-order valence-electron chi connectivity index (χ3n) is 0. The molecule has 1 unspecified atom stereocenters. The summed E-state index contributed by atoms with van der Waals surface area (Å²) in [6.45, 7) is -3.67. The highest BCUT2D eigenvalue weighted by Gasteiger charge is 1.88. The van der Waals surface area contributed by atoms with Gasteiger partial charge < -0.3 is 0 Å². The predicted molar refractivity (Wildman–Crippen MR) is 21.1 cm³/mol. The molecule has 0 radical (unpaired) electrons. The minimum absolute atomic E-state index is 2.37. The third kappa shape index (κ3) is 3720. The number of rotatable bonds is 0. The van der Waals surface area contributed by atoms with Crippen molar-refractivity contribution in [3.8, 4) is 0 Å². The van der Waals surface area contributed by atoms with Crippen molar-refractivity contribution in [2.75, 3.05) is 0 Å². The van der Waals surface area contributed by atoms with E-state index in [1.165, 1.54) is 0 Å². The molecule has 50 valence electrons. The summed E-state index contributed by atoms with van der Waals surface area (Å²) in [7, 11) is -2.37. The van der Waals surface area contributed by atoms with Crippen molar-refractivity contribution in [1.82, 2.24) is 0 Å². The van der Waals surface area contributed by atoms with Crippen molar-refractivity contribution in [3.05, 3.63) is 0 Å². The molecule has 0 aliphatic carbocycles. The number of alkyl halides is 3. The van der Waals surface area contributed by atoms with Crippen LogP contribution >= 0.6 is 8.18 Å². The summed E-state index contributed by atoms with van der Waals surface area (Å²) in [6, 6.07) is 0. The monoisotopic (exact) mass is 150 g/mol. The van der Waals surface area contributed by atoms with E-state index in [4.69, 9.17) is 9.46 Å². The van der Waals surface area contributed by atoms with E-state index < -0.39 is 14.9 Å². The van der Waals surface area contributed by atoms with E-state index in [0.29, 0.717) is 0 Å². The van der Waals surface area contributed by atoms with Crippen LogP contribution in [0.3, 0.4) is 0 Å². The molecule has 0 fully saturated rings. The Morgan fingerprint density at radius 1 is 1.50 bits per heavy atom. The molecule has 3 N–H and O–H groups in total. The van der Waals surface area contributed by atoms with Gasteiger partial charge >= 0.3 is 14.9 Å². The van der Waals surface area contributed by atoms with Crippen LogP contribution in [-0.4, -0.2) is 11.6 Å². The molecule has 0 aromatic heterocycles. The zero-order chi connectivity index (χ0) is 7.15. The summed E-state index contributed by atoms with van der Waals surface area (Å²) in [5.74, 6) is 0. The van der Waals surface area contributed by atoms with Crippen LogP contribution in [0.15, 0.2) is 0 Å². The lowest BCUT2D eigenvalue weighted by Gasteiger charge is -1.65. The fourth-order valence-electron chi connectivity index (χ4n) is 0. The SMILES string of the molecule is FC(F)F.N[P+](=O)O. The van der Waals surface area contributed by atoms with E-state index in [0.717, 1.165) is 0 Å². The van der Waals surface area contributed by atoms with Gasteiger partial charge in [-0.05, 0) is 4.57 Å². The first-order valence-corrected chi connectivity index (χ1v) is 2.58. The van der Waals surface area contributed by atoms with Gasteiger partial charge in [0.15, 0.2) is 0 Å². The van der Waals surface area contributed by atoms with E-state index in [-0.39, 0.29) is 0 Å². The maximum atomic E-state index is 9.67. The van der Waals surface area contributed by atoms with Crippen LogP contribution in [0.4, 0.5) is 13.2 Å². The Hall–Kier alpha value is -0.190. The minimum atomic E-state index is -3.67. The summed E-state index contributed by atoms with van der Waals surface area (Å²) in [5, 5.41) is 0. The maximum Gasteiger partial charge on any atom is 0.607 e. The number of hydrogen-bond acceptors (Lipinski definition) is 1. The summed E-state index contributed by atoms with van der Waals surface area (Å²) in [5.41, 5.74) is 4.18. The lowest BCUT2D eigenvalue weighted by atomic mass is 11.6. The van der Waals surface area contributed by atoms with Gasteiger partial charge in [0.25, 0.3) is 0 Å². The summed E-state index contributed by atoms with van der Waals surface area (Å²) < 4.78 is 37.9. The third-order valence-corrected chi connectivity index (χ3v) is 0. The first kappa shape index (κ1) is 10.7. The topological polar surface area (TPSA) is 63.3 Å². The summed E-state index contributed by atoms with van der Waals surface area (Å²) in [4.78, 5) is 7.34. The molecule has 1 atom stereocenters. The van der Waals surface area contributed by atoms with Crippen LogP contribution in [0.5, 0.6) is 0 Å². The molecular formula is CH4F3NO2P+. The lowest BCUT2D eigenvalue weighted by molar-refractivity contribution is 0.00819. The number of hydrogen-bond donors (Lipinski definition) is 2. The number of halogens is 3. The van der Waals surface area contributed by atoms with Crippen LogP contribution in [0.2, 0.25) is 0 Å². The Balaban J connectivity index is 0. The lowest BCUT2D eigenvalue weighted by Crippen LogP contribution is -1.68.